The van der Waals surface area contributed by atoms with Gasteiger partial charge in [-0.25, -0.2) is 0 Å². The molecule has 0 saturated carbocycles. The lowest BCUT2D eigenvalue weighted by Crippen LogP contribution is -2.32. The van der Waals surface area contributed by atoms with Crippen LogP contribution in [0.5, 0.6) is 0 Å². The summed E-state index contributed by atoms with van der Waals surface area (Å²) in [5, 5.41) is 16.5. The minimum atomic E-state index is -0.426. The van der Waals surface area contributed by atoms with E-state index in [0.717, 1.165) is 23.8 Å². The molecule has 0 aliphatic carbocycles. The van der Waals surface area contributed by atoms with Gasteiger partial charge in [0.05, 0.1) is 25.9 Å². The van der Waals surface area contributed by atoms with Crippen LogP contribution in [0.2, 0.25) is 0 Å². The second kappa shape index (κ2) is 5.56. The maximum Gasteiger partial charge on any atom is 0.152 e. The van der Waals surface area contributed by atoms with Crippen molar-refractivity contribution < 1.29 is 14.3 Å². The molecule has 2 N–H and O–H groups in total. The Hall–Kier alpha value is -1.63. The number of hydrogen-bond donors (Lipinski definition) is 2. The van der Waals surface area contributed by atoms with E-state index in [1.165, 1.54) is 0 Å². The van der Waals surface area contributed by atoms with Crippen molar-refractivity contribution in [1.82, 2.24) is 15.1 Å². The molecule has 1 aliphatic rings. The molecule has 1 aliphatic heterocycles. The van der Waals surface area contributed by atoms with Gasteiger partial charge >= 0.3 is 0 Å². The summed E-state index contributed by atoms with van der Waals surface area (Å²) >= 11 is 0. The predicted molar refractivity (Wildman–Crippen MR) is 68.4 cm³/mol. The highest BCUT2D eigenvalue weighted by atomic mass is 16.5. The smallest absolute Gasteiger partial charge is 0.152 e. The van der Waals surface area contributed by atoms with E-state index in [0.29, 0.717) is 26.3 Å². The number of β-amino-alcohol motifs (C(OH)–C–C–N with tert-alkyl or cyclic N) is 1. The maximum absolute atomic E-state index is 9.68. The molecule has 3 heterocycles. The number of nitrogens with one attached hydrogen (secondary N) is 1. The van der Waals surface area contributed by atoms with Crippen molar-refractivity contribution in [3.8, 4) is 11.5 Å². The van der Waals surface area contributed by atoms with Gasteiger partial charge in [0.2, 0.25) is 0 Å². The molecule has 0 bridgehead atoms. The number of aliphatic hydroxyl groups excluding tert-OH is 1. The molecule has 0 amide bonds. The van der Waals surface area contributed by atoms with Crippen molar-refractivity contribution in [3.63, 3.8) is 0 Å². The number of ether oxygens (including phenoxy) is 1. The van der Waals surface area contributed by atoms with Crippen LogP contribution in [0.25, 0.3) is 11.5 Å². The number of furan rings is 1. The monoisotopic (exact) mass is 263 g/mol. The Morgan fingerprint density at radius 2 is 2.37 bits per heavy atom. The normalized spacial score (nSPS) is 21.4. The highest BCUT2D eigenvalue weighted by Crippen LogP contribution is 2.20. The molecule has 0 aromatic carbocycles. The van der Waals surface area contributed by atoms with Crippen molar-refractivity contribution >= 4 is 0 Å². The second-order valence-corrected chi connectivity index (χ2v) is 4.70. The predicted octanol–water partition coefficient (Wildman–Crippen LogP) is 0.863. The van der Waals surface area contributed by atoms with E-state index in [4.69, 9.17) is 9.15 Å². The Labute approximate surface area is 111 Å². The van der Waals surface area contributed by atoms with E-state index in [2.05, 4.69) is 15.1 Å². The van der Waals surface area contributed by atoms with Gasteiger partial charge in [0.1, 0.15) is 11.5 Å². The number of aromatic amines is 1. The van der Waals surface area contributed by atoms with Crippen LogP contribution in [-0.2, 0) is 11.3 Å². The molecular formula is C13H17N3O3. The first-order valence-electron chi connectivity index (χ1n) is 6.38. The molecule has 1 fully saturated rings. The van der Waals surface area contributed by atoms with Crippen LogP contribution in [0.4, 0.5) is 0 Å². The lowest BCUT2D eigenvalue weighted by molar-refractivity contribution is 0.0560. The highest BCUT2D eigenvalue weighted by molar-refractivity contribution is 5.51. The van der Waals surface area contributed by atoms with E-state index in [1.54, 1.807) is 6.20 Å². The number of aliphatic hydroxyl groups is 1. The highest BCUT2D eigenvalue weighted by Gasteiger charge is 2.17. The first-order valence-corrected chi connectivity index (χ1v) is 6.38. The first kappa shape index (κ1) is 12.4. The van der Waals surface area contributed by atoms with E-state index in [9.17, 15) is 5.11 Å². The van der Waals surface area contributed by atoms with Crippen molar-refractivity contribution in [3.05, 3.63) is 30.2 Å². The maximum atomic E-state index is 9.68. The topological polar surface area (TPSA) is 74.5 Å². The summed E-state index contributed by atoms with van der Waals surface area (Å²) in [4.78, 5) is 2.13. The zero-order chi connectivity index (χ0) is 13.1. The third-order valence-corrected chi connectivity index (χ3v) is 3.14. The summed E-state index contributed by atoms with van der Waals surface area (Å²) < 4.78 is 11.1. The molecule has 1 saturated heterocycles. The van der Waals surface area contributed by atoms with E-state index >= 15 is 0 Å². The third kappa shape index (κ3) is 3.04. The minimum absolute atomic E-state index is 0.411. The van der Waals surface area contributed by atoms with Gasteiger partial charge in [-0.3, -0.25) is 10.00 Å². The van der Waals surface area contributed by atoms with Crippen LogP contribution >= 0.6 is 0 Å². The molecule has 6 nitrogen and oxygen atoms in total. The Morgan fingerprint density at radius 1 is 1.42 bits per heavy atom. The summed E-state index contributed by atoms with van der Waals surface area (Å²) in [6.45, 7) is 3.14. The second-order valence-electron chi connectivity index (χ2n) is 4.70. The molecule has 3 rings (SSSR count). The van der Waals surface area contributed by atoms with Gasteiger partial charge in [-0.05, 0) is 18.2 Å². The molecule has 2 aromatic heterocycles. The number of hydrogen-bond acceptors (Lipinski definition) is 5. The van der Waals surface area contributed by atoms with Crippen LogP contribution < -0.4 is 0 Å². The van der Waals surface area contributed by atoms with E-state index in [-0.39, 0.29) is 0 Å². The number of nitrogens with zero attached hydrogens (tertiary/aromatic N) is 2. The molecule has 0 radical (unpaired) electrons. The summed E-state index contributed by atoms with van der Waals surface area (Å²) in [7, 11) is 0. The zero-order valence-corrected chi connectivity index (χ0v) is 10.6. The Morgan fingerprint density at radius 3 is 3.21 bits per heavy atom. The molecule has 102 valence electrons. The van der Waals surface area contributed by atoms with Crippen LogP contribution in [0.1, 0.15) is 5.76 Å². The summed E-state index contributed by atoms with van der Waals surface area (Å²) in [5.74, 6) is 1.65. The molecule has 19 heavy (non-hydrogen) atoms. The fraction of sp³-hybridized carbons (Fsp3) is 0.462. The lowest BCUT2D eigenvalue weighted by atomic mass is 10.3. The van der Waals surface area contributed by atoms with Crippen molar-refractivity contribution in [1.29, 1.82) is 0 Å². The molecule has 0 spiro atoms. The fourth-order valence-corrected chi connectivity index (χ4v) is 2.22. The molecule has 6 heteroatoms. The Kier molecular flexibility index (Phi) is 3.63. The third-order valence-electron chi connectivity index (χ3n) is 3.14. The van der Waals surface area contributed by atoms with Gasteiger partial charge in [0, 0.05) is 19.3 Å². The SMILES string of the molecule is OC1COCCN(Cc2ccc(-c3ccn[nH]3)o2)C1. The van der Waals surface area contributed by atoms with Crippen LogP contribution in [0.3, 0.4) is 0 Å². The van der Waals surface area contributed by atoms with Crippen molar-refractivity contribution in [2.45, 2.75) is 12.6 Å². The van der Waals surface area contributed by atoms with Crippen LogP contribution in [0.15, 0.2) is 28.8 Å². The van der Waals surface area contributed by atoms with Gasteiger partial charge in [-0.1, -0.05) is 0 Å². The van der Waals surface area contributed by atoms with E-state index < -0.39 is 6.10 Å². The summed E-state index contributed by atoms with van der Waals surface area (Å²) in [5.41, 5.74) is 0.866. The molecule has 1 unspecified atom stereocenters. The molecule has 2 aromatic rings. The van der Waals surface area contributed by atoms with Gasteiger partial charge < -0.3 is 14.3 Å². The Balaban J connectivity index is 1.66. The van der Waals surface area contributed by atoms with Crippen molar-refractivity contribution in [2.75, 3.05) is 26.3 Å². The fourth-order valence-electron chi connectivity index (χ4n) is 2.22. The molecular weight excluding hydrogens is 246 g/mol. The first-order chi connectivity index (χ1) is 9.31. The van der Waals surface area contributed by atoms with Crippen molar-refractivity contribution in [2.24, 2.45) is 0 Å². The Bertz CT molecular complexity index is 509. The van der Waals surface area contributed by atoms with E-state index in [1.807, 2.05) is 18.2 Å². The van der Waals surface area contributed by atoms with Gasteiger partial charge in [0.25, 0.3) is 0 Å². The quantitative estimate of drug-likeness (QED) is 0.859. The molecule has 1 atom stereocenters. The van der Waals surface area contributed by atoms with Crippen LogP contribution in [0, 0.1) is 0 Å². The average Bonchev–Trinajstić information content (AvgIpc) is 3.01. The van der Waals surface area contributed by atoms with Gasteiger partial charge in [-0.2, -0.15) is 5.10 Å². The number of H-pyrrole nitrogens is 1. The van der Waals surface area contributed by atoms with Gasteiger partial charge in [-0.15, -0.1) is 0 Å². The van der Waals surface area contributed by atoms with Crippen LogP contribution in [-0.4, -0.2) is 52.6 Å². The summed E-state index contributed by atoms with van der Waals surface area (Å²) in [6, 6.07) is 5.74. The largest absolute Gasteiger partial charge is 0.458 e. The number of aromatic nitrogens is 2. The number of rotatable bonds is 3. The van der Waals surface area contributed by atoms with Gasteiger partial charge in [0.15, 0.2) is 5.76 Å². The average molecular weight is 263 g/mol. The standard InChI is InChI=1S/C13H17N3O3/c17-10-7-16(5-6-18-9-10)8-11-1-2-13(19-11)12-3-4-14-15-12/h1-4,10,17H,5-9H2,(H,14,15). The lowest BCUT2D eigenvalue weighted by Gasteiger charge is -2.19. The summed E-state index contributed by atoms with van der Waals surface area (Å²) in [6.07, 6.45) is 1.27. The minimum Gasteiger partial charge on any atom is -0.458 e. The zero-order valence-electron chi connectivity index (χ0n) is 10.6.